The lowest BCUT2D eigenvalue weighted by Gasteiger charge is -2.10. The molecular formula is C15H12FN3O2. The van der Waals surface area contributed by atoms with Gasteiger partial charge in [0.1, 0.15) is 23.0 Å². The molecule has 0 spiro atoms. The quantitative estimate of drug-likeness (QED) is 0.859. The van der Waals surface area contributed by atoms with Crippen LogP contribution < -0.4 is 5.73 Å². The van der Waals surface area contributed by atoms with Gasteiger partial charge in [0, 0.05) is 18.7 Å². The average molecular weight is 285 g/mol. The number of carbonyl (C=O) groups is 1. The Labute approximate surface area is 120 Å². The van der Waals surface area contributed by atoms with Gasteiger partial charge in [-0.3, -0.25) is 4.79 Å². The Bertz CT molecular complexity index is 759. The van der Waals surface area contributed by atoms with E-state index in [1.807, 2.05) is 0 Å². The summed E-state index contributed by atoms with van der Waals surface area (Å²) in [6.07, 6.45) is 1.57. The first kappa shape index (κ1) is 13.1. The Kier molecular flexibility index (Phi) is 3.06. The molecule has 1 aromatic heterocycles. The van der Waals surface area contributed by atoms with E-state index in [0.717, 1.165) is 5.56 Å². The van der Waals surface area contributed by atoms with E-state index in [-0.39, 0.29) is 11.8 Å². The number of likely N-dealkylation sites (N-methyl/N-ethyl adjacent to an activating group) is 1. The zero-order chi connectivity index (χ0) is 15.0. The molecule has 0 unspecified atom stereocenters. The van der Waals surface area contributed by atoms with Crippen molar-refractivity contribution in [3.63, 3.8) is 0 Å². The molecule has 6 heteroatoms. The molecule has 1 aliphatic heterocycles. The normalized spacial score (nSPS) is 16.7. The Morgan fingerprint density at radius 1 is 1.24 bits per heavy atom. The highest BCUT2D eigenvalue weighted by Crippen LogP contribution is 2.24. The summed E-state index contributed by atoms with van der Waals surface area (Å²) in [5.74, 6) is 0.517. The first-order valence-electron chi connectivity index (χ1n) is 6.24. The summed E-state index contributed by atoms with van der Waals surface area (Å²) in [6, 6.07) is 9.44. The van der Waals surface area contributed by atoms with E-state index in [1.54, 1.807) is 37.4 Å². The minimum absolute atomic E-state index is 0.150. The highest BCUT2D eigenvalue weighted by Gasteiger charge is 2.24. The molecule has 2 N–H and O–H groups in total. The van der Waals surface area contributed by atoms with Gasteiger partial charge < -0.3 is 15.1 Å². The minimum Gasteiger partial charge on any atom is -0.457 e. The number of halogens is 1. The Morgan fingerprint density at radius 3 is 2.57 bits per heavy atom. The maximum absolute atomic E-state index is 12.9. The molecule has 21 heavy (non-hydrogen) atoms. The van der Waals surface area contributed by atoms with E-state index < -0.39 is 5.91 Å². The van der Waals surface area contributed by atoms with Gasteiger partial charge in [0.25, 0.3) is 5.91 Å². The van der Waals surface area contributed by atoms with Gasteiger partial charge >= 0.3 is 0 Å². The predicted molar refractivity (Wildman–Crippen MR) is 76.5 cm³/mol. The van der Waals surface area contributed by atoms with Crippen molar-refractivity contribution in [2.75, 3.05) is 7.05 Å². The van der Waals surface area contributed by atoms with Crippen LogP contribution in [0.4, 0.5) is 4.39 Å². The van der Waals surface area contributed by atoms with Crippen molar-refractivity contribution in [1.29, 1.82) is 0 Å². The monoisotopic (exact) mass is 285 g/mol. The first-order chi connectivity index (χ1) is 10.0. The number of hydrogen-bond acceptors (Lipinski definition) is 4. The second-order valence-electron chi connectivity index (χ2n) is 4.57. The third kappa shape index (κ3) is 2.43. The molecule has 1 amide bonds. The third-order valence-corrected chi connectivity index (χ3v) is 3.17. The van der Waals surface area contributed by atoms with Gasteiger partial charge in [0.15, 0.2) is 0 Å². The van der Waals surface area contributed by atoms with Crippen LogP contribution >= 0.6 is 0 Å². The van der Waals surface area contributed by atoms with Gasteiger partial charge in [0.2, 0.25) is 5.96 Å². The van der Waals surface area contributed by atoms with Crippen LogP contribution in [0, 0.1) is 5.82 Å². The van der Waals surface area contributed by atoms with Crippen LogP contribution in [0.3, 0.4) is 0 Å². The molecule has 0 saturated carbocycles. The molecule has 1 aromatic carbocycles. The molecule has 0 atom stereocenters. The maximum atomic E-state index is 12.9. The number of nitrogens with two attached hydrogens (primary N) is 1. The van der Waals surface area contributed by atoms with Gasteiger partial charge in [-0.2, -0.15) is 4.99 Å². The molecule has 2 aromatic rings. The summed E-state index contributed by atoms with van der Waals surface area (Å²) in [5, 5.41) is 0. The fourth-order valence-corrected chi connectivity index (χ4v) is 2.00. The highest BCUT2D eigenvalue weighted by molar-refractivity contribution is 6.11. The van der Waals surface area contributed by atoms with Crippen molar-refractivity contribution in [3.05, 3.63) is 53.7 Å². The lowest BCUT2D eigenvalue weighted by Crippen LogP contribution is -2.28. The predicted octanol–water partition coefficient (Wildman–Crippen LogP) is 2.21. The van der Waals surface area contributed by atoms with E-state index in [9.17, 15) is 9.18 Å². The largest absolute Gasteiger partial charge is 0.457 e. The zero-order valence-electron chi connectivity index (χ0n) is 11.2. The van der Waals surface area contributed by atoms with Crippen LogP contribution in [0.1, 0.15) is 5.76 Å². The molecular weight excluding hydrogens is 273 g/mol. The summed E-state index contributed by atoms with van der Waals surface area (Å²) in [4.78, 5) is 16.8. The molecule has 0 bridgehead atoms. The smallest absolute Gasteiger partial charge is 0.297 e. The van der Waals surface area contributed by atoms with Gasteiger partial charge in [-0.1, -0.05) is 0 Å². The van der Waals surface area contributed by atoms with E-state index in [0.29, 0.717) is 17.2 Å². The number of benzene rings is 1. The van der Waals surface area contributed by atoms with Crippen LogP contribution in [-0.2, 0) is 4.79 Å². The Morgan fingerprint density at radius 2 is 1.95 bits per heavy atom. The van der Waals surface area contributed by atoms with Gasteiger partial charge in [-0.05, 0) is 36.4 Å². The molecule has 106 valence electrons. The number of nitrogens with zero attached hydrogens (tertiary/aromatic N) is 2. The van der Waals surface area contributed by atoms with Crippen molar-refractivity contribution in [3.8, 4) is 11.3 Å². The molecule has 0 aliphatic carbocycles. The lowest BCUT2D eigenvalue weighted by atomic mass is 10.2. The van der Waals surface area contributed by atoms with E-state index in [1.165, 1.54) is 17.0 Å². The van der Waals surface area contributed by atoms with Crippen molar-refractivity contribution in [2.24, 2.45) is 10.7 Å². The number of guanidine groups is 1. The van der Waals surface area contributed by atoms with Crippen LogP contribution in [0.15, 0.2) is 51.5 Å². The third-order valence-electron chi connectivity index (χ3n) is 3.17. The van der Waals surface area contributed by atoms with Crippen molar-refractivity contribution < 1.29 is 13.6 Å². The first-order valence-corrected chi connectivity index (χ1v) is 6.24. The molecule has 5 nitrogen and oxygen atoms in total. The second kappa shape index (κ2) is 4.90. The van der Waals surface area contributed by atoms with Crippen LogP contribution in [0.2, 0.25) is 0 Å². The number of rotatable bonds is 2. The van der Waals surface area contributed by atoms with Crippen LogP contribution in [0.5, 0.6) is 0 Å². The standard InChI is InChI=1S/C15H12FN3O2/c1-19-12(14(20)18-15(19)17)8-11-6-7-13(21-11)9-2-4-10(16)5-3-9/h2-8H,1H3,(H2,17,18,20). The summed E-state index contributed by atoms with van der Waals surface area (Å²) in [6.45, 7) is 0. The Hall–Kier alpha value is -2.89. The summed E-state index contributed by atoms with van der Waals surface area (Å²) in [7, 11) is 1.65. The molecule has 0 saturated heterocycles. The molecule has 2 heterocycles. The van der Waals surface area contributed by atoms with Gasteiger partial charge in [0.05, 0.1) is 0 Å². The average Bonchev–Trinajstić information content (AvgIpc) is 3.01. The number of hydrogen-bond donors (Lipinski definition) is 1. The molecule has 0 radical (unpaired) electrons. The minimum atomic E-state index is -0.408. The molecule has 1 aliphatic rings. The summed E-state index contributed by atoms with van der Waals surface area (Å²) in [5.41, 5.74) is 6.66. The number of furan rings is 1. The second-order valence-corrected chi connectivity index (χ2v) is 4.57. The molecule has 0 fully saturated rings. The number of aliphatic imine (C=N–C) groups is 1. The fourth-order valence-electron chi connectivity index (χ4n) is 2.00. The highest BCUT2D eigenvalue weighted by atomic mass is 19.1. The lowest BCUT2D eigenvalue weighted by molar-refractivity contribution is -0.114. The number of carbonyl (C=O) groups excluding carboxylic acids is 1. The van der Waals surface area contributed by atoms with E-state index >= 15 is 0 Å². The summed E-state index contributed by atoms with van der Waals surface area (Å²) < 4.78 is 18.5. The SMILES string of the molecule is CN1C(=Cc2ccc(-c3ccc(F)cc3)o2)C(=O)N=C1N. The Balaban J connectivity index is 1.89. The number of amides is 1. The molecule has 3 rings (SSSR count). The van der Waals surface area contributed by atoms with Gasteiger partial charge in [-0.15, -0.1) is 0 Å². The van der Waals surface area contributed by atoms with E-state index in [2.05, 4.69) is 4.99 Å². The van der Waals surface area contributed by atoms with Crippen LogP contribution in [0.25, 0.3) is 17.4 Å². The van der Waals surface area contributed by atoms with Gasteiger partial charge in [-0.25, -0.2) is 4.39 Å². The van der Waals surface area contributed by atoms with Crippen LogP contribution in [-0.4, -0.2) is 23.8 Å². The zero-order valence-corrected chi connectivity index (χ0v) is 11.2. The topological polar surface area (TPSA) is 71.8 Å². The van der Waals surface area contributed by atoms with Crippen molar-refractivity contribution in [1.82, 2.24) is 4.90 Å². The van der Waals surface area contributed by atoms with Crippen molar-refractivity contribution in [2.45, 2.75) is 0 Å². The fraction of sp³-hybridized carbons (Fsp3) is 0.0667. The van der Waals surface area contributed by atoms with E-state index in [4.69, 9.17) is 10.2 Å². The maximum Gasteiger partial charge on any atom is 0.297 e. The summed E-state index contributed by atoms with van der Waals surface area (Å²) >= 11 is 0. The van der Waals surface area contributed by atoms with Crippen molar-refractivity contribution >= 4 is 17.9 Å².